The molecule has 0 amide bonds. The SMILES string of the molecule is [2H]c1c([2H])c([2H])c(-c2c([2H])c([2H])c(C(c3c([2H])c([2H])c(-c4c([2H])c([2H])c([2H])c([2H])c4[2H])c([2H])c3[2H])c3c([2H])c([2H])c(-c4c([2H])c([2H])c5c(oc6c(-c7c([2H])c([2H])c([2H])c([2H])c7[2H])c7c(oc8c([2H])c([2H])c([2H])c([2H])c87)c([2H])c65)c4[2H])c([2H])c3[2H])c([2H])c2[2H])c([2H])c1[2H]. The van der Waals surface area contributed by atoms with E-state index in [1.807, 2.05) is 0 Å². The van der Waals surface area contributed by atoms with Crippen LogP contribution in [0.3, 0.4) is 0 Å². The highest BCUT2D eigenvalue weighted by Crippen LogP contribution is 2.45. The minimum absolute atomic E-state index is 0.452. The van der Waals surface area contributed by atoms with Crippen LogP contribution in [0.1, 0.15) is 70.6 Å². The standard InChI is InChI=1S/C55H36O2/c1-4-12-36(13-5-1)38-20-26-42(27-21-38)52(43-28-22-39(23-29-43)37-14-6-2-7-15-37)44-30-24-40(25-31-44)45-32-33-46-48-35-51-54(47-18-10-11-19-49(47)56-51)53(41-16-8-3-9-17-41)55(48)57-50(46)34-45/h1-35,52H/i1D,2D,3D,4D,5D,6D,7D,8D,9D,10D,11D,12D,13D,14D,15D,16D,17D,18D,19D,20D,21D,22D,23D,24D,25D,26D,27D,28D,29D,30D,31D,32D,33D,34D,35D. The molecule has 11 aromatic rings. The zero-order valence-corrected chi connectivity index (χ0v) is 28.4. The van der Waals surface area contributed by atoms with Gasteiger partial charge in [-0.15, -0.1) is 0 Å². The first-order chi connectivity index (χ1) is 42.8. The molecule has 2 heterocycles. The summed E-state index contributed by atoms with van der Waals surface area (Å²) >= 11 is 0. The van der Waals surface area contributed by atoms with Crippen LogP contribution < -0.4 is 0 Å². The van der Waals surface area contributed by atoms with E-state index in [9.17, 15) is 21.9 Å². The fourth-order valence-corrected chi connectivity index (χ4v) is 6.27. The Morgan fingerprint density at radius 2 is 0.772 bits per heavy atom. The molecule has 0 radical (unpaired) electrons. The number of fused-ring (bicyclic) bond motifs is 6. The second-order valence-electron chi connectivity index (χ2n) is 12.1. The van der Waals surface area contributed by atoms with Crippen LogP contribution in [0.25, 0.3) is 88.4 Å². The monoisotopic (exact) mass is 763 g/mol. The molecule has 11 rings (SSSR count). The molecule has 2 aromatic heterocycles. The van der Waals surface area contributed by atoms with Gasteiger partial charge in [0.2, 0.25) is 0 Å². The van der Waals surface area contributed by atoms with Crippen molar-refractivity contribution in [1.29, 1.82) is 0 Å². The molecule has 0 aliphatic heterocycles. The maximum atomic E-state index is 9.72. The lowest BCUT2D eigenvalue weighted by Gasteiger charge is -2.20. The van der Waals surface area contributed by atoms with Crippen molar-refractivity contribution in [2.45, 2.75) is 5.92 Å². The van der Waals surface area contributed by atoms with E-state index >= 15 is 0 Å². The van der Waals surface area contributed by atoms with Crippen LogP contribution in [0.4, 0.5) is 0 Å². The molecule has 9 aromatic carbocycles. The Morgan fingerprint density at radius 3 is 1.33 bits per heavy atom. The van der Waals surface area contributed by atoms with Gasteiger partial charge in [0.15, 0.2) is 0 Å². The fourth-order valence-electron chi connectivity index (χ4n) is 6.27. The summed E-state index contributed by atoms with van der Waals surface area (Å²) in [5.41, 5.74) is -12.5. The van der Waals surface area contributed by atoms with Crippen molar-refractivity contribution in [2.24, 2.45) is 0 Å². The van der Waals surface area contributed by atoms with Gasteiger partial charge < -0.3 is 8.83 Å². The Hall–Kier alpha value is -7.42. The van der Waals surface area contributed by atoms with Gasteiger partial charge in [0, 0.05) is 33.0 Å². The van der Waals surface area contributed by atoms with Gasteiger partial charge in [-0.2, -0.15) is 0 Å². The third-order valence-electron chi connectivity index (χ3n) is 8.81. The van der Waals surface area contributed by atoms with Crippen molar-refractivity contribution < 1.29 is 56.8 Å². The minimum atomic E-state index is -2.56. The third kappa shape index (κ3) is 5.82. The van der Waals surface area contributed by atoms with Gasteiger partial charge in [-0.05, 0) is 79.8 Å². The first kappa shape index (κ1) is 13.1. The molecule has 0 N–H and O–H groups in total. The molecule has 0 atom stereocenters. The molecule has 0 fully saturated rings. The largest absolute Gasteiger partial charge is 0.456 e. The van der Waals surface area contributed by atoms with Crippen molar-refractivity contribution in [3.63, 3.8) is 0 Å². The molecular weight excluding hydrogens is 693 g/mol. The quantitative estimate of drug-likeness (QED) is 0.151. The highest BCUT2D eigenvalue weighted by molar-refractivity contribution is 6.23. The van der Waals surface area contributed by atoms with E-state index in [2.05, 4.69) is 0 Å². The van der Waals surface area contributed by atoms with E-state index in [1.54, 1.807) is 0 Å². The molecule has 0 aliphatic rings. The lowest BCUT2D eigenvalue weighted by molar-refractivity contribution is 0.664. The van der Waals surface area contributed by atoms with E-state index in [0.29, 0.717) is 0 Å². The predicted octanol–water partition coefficient (Wildman–Crippen LogP) is 15.3. The molecule has 57 heavy (non-hydrogen) atoms. The molecule has 2 nitrogen and oxygen atoms in total. The second kappa shape index (κ2) is 13.7. The fraction of sp³-hybridized carbons (Fsp3) is 0.0182. The van der Waals surface area contributed by atoms with Crippen molar-refractivity contribution in [2.75, 3.05) is 0 Å². The molecule has 0 spiro atoms. The third-order valence-corrected chi connectivity index (χ3v) is 8.81. The van der Waals surface area contributed by atoms with Crippen LogP contribution in [0.15, 0.2) is 220 Å². The molecule has 0 saturated carbocycles. The average Bonchev–Trinajstić information content (AvgIpc) is 1.43. The number of hydrogen-bond acceptors (Lipinski definition) is 2. The molecule has 0 unspecified atom stereocenters. The van der Waals surface area contributed by atoms with Gasteiger partial charge in [-0.3, -0.25) is 0 Å². The maximum absolute atomic E-state index is 9.72. The zero-order valence-electron chi connectivity index (χ0n) is 63.4. The molecule has 0 aliphatic carbocycles. The van der Waals surface area contributed by atoms with E-state index in [4.69, 9.17) is 34.9 Å². The van der Waals surface area contributed by atoms with Gasteiger partial charge in [0.05, 0.1) is 48.0 Å². The zero-order chi connectivity index (χ0) is 68.2. The minimum Gasteiger partial charge on any atom is -0.456 e. The van der Waals surface area contributed by atoms with Crippen LogP contribution in [0.5, 0.6) is 0 Å². The topological polar surface area (TPSA) is 26.3 Å². The van der Waals surface area contributed by atoms with Crippen molar-refractivity contribution in [1.82, 2.24) is 0 Å². The summed E-state index contributed by atoms with van der Waals surface area (Å²) < 4.78 is 326. The summed E-state index contributed by atoms with van der Waals surface area (Å²) in [4.78, 5) is 0. The van der Waals surface area contributed by atoms with E-state index in [-0.39, 0.29) is 0 Å². The smallest absolute Gasteiger partial charge is 0.144 e. The summed E-state index contributed by atoms with van der Waals surface area (Å²) in [6, 6.07) is -35.9. The van der Waals surface area contributed by atoms with Crippen molar-refractivity contribution in [3.05, 3.63) is 228 Å². The Bertz CT molecular complexity index is 4980. The van der Waals surface area contributed by atoms with Gasteiger partial charge in [-0.25, -0.2) is 0 Å². The van der Waals surface area contributed by atoms with Crippen LogP contribution in [-0.4, -0.2) is 0 Å². The first-order valence-electron chi connectivity index (χ1n) is 34.2. The number of furan rings is 2. The lowest BCUT2D eigenvalue weighted by atomic mass is 9.83. The Labute approximate surface area is 380 Å². The maximum Gasteiger partial charge on any atom is 0.144 e. The van der Waals surface area contributed by atoms with Crippen molar-refractivity contribution in [3.8, 4) is 44.5 Å². The highest BCUT2D eigenvalue weighted by Gasteiger charge is 2.22. The molecule has 2 heteroatoms. The molecular formula is C55H36O2. The normalized spacial score (nSPS) is 20.3. The lowest BCUT2D eigenvalue weighted by Crippen LogP contribution is -2.03. The highest BCUT2D eigenvalue weighted by atomic mass is 16.3. The van der Waals surface area contributed by atoms with Crippen LogP contribution in [0, 0.1) is 0 Å². The summed E-state index contributed by atoms with van der Waals surface area (Å²) in [7, 11) is 0. The second-order valence-corrected chi connectivity index (χ2v) is 12.1. The van der Waals surface area contributed by atoms with Crippen LogP contribution in [-0.2, 0) is 0 Å². The summed E-state index contributed by atoms with van der Waals surface area (Å²) in [6.07, 6.45) is 0. The van der Waals surface area contributed by atoms with E-state index in [0.717, 1.165) is 0 Å². The van der Waals surface area contributed by atoms with Gasteiger partial charge in [0.25, 0.3) is 0 Å². The first-order valence-corrected chi connectivity index (χ1v) is 16.7. The van der Waals surface area contributed by atoms with E-state index < -0.39 is 322 Å². The number of hydrogen-bond donors (Lipinski definition) is 0. The summed E-state index contributed by atoms with van der Waals surface area (Å²) in [5, 5.41) is -2.06. The van der Waals surface area contributed by atoms with Gasteiger partial charge in [0.1, 0.15) is 22.3 Å². The van der Waals surface area contributed by atoms with E-state index in [1.165, 1.54) is 0 Å². The molecule has 0 saturated heterocycles. The van der Waals surface area contributed by atoms with Gasteiger partial charge in [-0.1, -0.05) is 187 Å². The van der Waals surface area contributed by atoms with Gasteiger partial charge >= 0.3 is 0 Å². The van der Waals surface area contributed by atoms with Crippen LogP contribution >= 0.6 is 0 Å². The molecule has 268 valence electrons. The number of rotatable bonds is 7. The summed E-state index contributed by atoms with van der Waals surface area (Å²) in [6.45, 7) is 0. The number of benzene rings is 9. The average molecular weight is 764 g/mol. The Kier molecular flexibility index (Phi) is 3.15. The Morgan fingerprint density at radius 1 is 0.316 bits per heavy atom. The summed E-state index contributed by atoms with van der Waals surface area (Å²) in [5.74, 6) is -2.56. The van der Waals surface area contributed by atoms with Crippen molar-refractivity contribution >= 4 is 43.9 Å². The van der Waals surface area contributed by atoms with Crippen LogP contribution in [0.2, 0.25) is 0 Å². The molecule has 0 bridgehead atoms. The Balaban J connectivity index is 1.26. The number of para-hydroxylation sites is 1. The predicted molar refractivity (Wildman–Crippen MR) is 237 cm³/mol.